The lowest BCUT2D eigenvalue weighted by molar-refractivity contribution is -0.276. The highest BCUT2D eigenvalue weighted by molar-refractivity contribution is 5.43. The summed E-state index contributed by atoms with van der Waals surface area (Å²) in [5.74, 6) is -5.68. The molecule has 186 valence electrons. The molecule has 1 unspecified atom stereocenters. The zero-order valence-electron chi connectivity index (χ0n) is 18.9. The summed E-state index contributed by atoms with van der Waals surface area (Å²) in [7, 11) is 0. The second kappa shape index (κ2) is 9.78. The number of halogens is 7. The Morgan fingerprint density at radius 1 is 0.853 bits per heavy atom. The maximum Gasteiger partial charge on any atom is 0.573 e. The van der Waals surface area contributed by atoms with Crippen LogP contribution in [0.5, 0.6) is 5.75 Å². The van der Waals surface area contributed by atoms with Crippen molar-refractivity contribution in [1.29, 1.82) is 0 Å². The third kappa shape index (κ3) is 5.20. The van der Waals surface area contributed by atoms with Gasteiger partial charge in [0.15, 0.2) is 11.6 Å². The molecule has 0 amide bonds. The quantitative estimate of drug-likeness (QED) is 0.384. The van der Waals surface area contributed by atoms with Gasteiger partial charge in [-0.15, -0.1) is 13.2 Å². The Balaban J connectivity index is 1.54. The maximum absolute atomic E-state index is 15.1. The number of fused-ring (bicyclic) bond motifs is 1. The van der Waals surface area contributed by atoms with Crippen LogP contribution in [0.2, 0.25) is 0 Å². The Morgan fingerprint density at radius 3 is 2.09 bits per heavy atom. The summed E-state index contributed by atoms with van der Waals surface area (Å²) in [6.07, 6.45) is 0.881. The topological polar surface area (TPSA) is 9.23 Å². The average molecular weight is 488 g/mol. The number of ether oxygens (including phenoxy) is 1. The minimum atomic E-state index is -5.24. The van der Waals surface area contributed by atoms with Crippen molar-refractivity contribution in [1.82, 2.24) is 0 Å². The summed E-state index contributed by atoms with van der Waals surface area (Å²) in [5, 5.41) is 0. The van der Waals surface area contributed by atoms with E-state index >= 15 is 8.78 Å². The summed E-state index contributed by atoms with van der Waals surface area (Å²) in [4.78, 5) is 0. The molecule has 4 rings (SSSR count). The van der Waals surface area contributed by atoms with Crippen molar-refractivity contribution in [2.24, 2.45) is 5.92 Å². The molecule has 1 saturated carbocycles. The molecule has 0 spiro atoms. The van der Waals surface area contributed by atoms with Gasteiger partial charge in [0.2, 0.25) is 5.75 Å². The van der Waals surface area contributed by atoms with Crippen molar-refractivity contribution < 1.29 is 35.5 Å². The van der Waals surface area contributed by atoms with Crippen LogP contribution in [0.4, 0.5) is 30.7 Å². The first-order valence-electron chi connectivity index (χ1n) is 11.8. The average Bonchev–Trinajstić information content (AvgIpc) is 2.76. The monoisotopic (exact) mass is 488 g/mol. The van der Waals surface area contributed by atoms with Crippen LogP contribution in [-0.4, -0.2) is 6.36 Å². The molecule has 2 aliphatic carbocycles. The van der Waals surface area contributed by atoms with Crippen molar-refractivity contribution >= 4 is 0 Å². The highest BCUT2D eigenvalue weighted by atomic mass is 19.4. The Bertz CT molecular complexity index is 1020. The minimum Gasteiger partial charge on any atom is -0.399 e. The summed E-state index contributed by atoms with van der Waals surface area (Å²) in [5.41, 5.74) is 0.484. The van der Waals surface area contributed by atoms with Gasteiger partial charge in [0, 0.05) is 5.56 Å². The lowest BCUT2D eigenvalue weighted by Gasteiger charge is -2.30. The van der Waals surface area contributed by atoms with Gasteiger partial charge < -0.3 is 4.74 Å². The van der Waals surface area contributed by atoms with E-state index in [4.69, 9.17) is 0 Å². The molecule has 1 atom stereocenters. The van der Waals surface area contributed by atoms with Gasteiger partial charge in [-0.05, 0) is 97.6 Å². The lowest BCUT2D eigenvalue weighted by atomic mass is 9.76. The van der Waals surface area contributed by atoms with E-state index < -0.39 is 41.3 Å². The van der Waals surface area contributed by atoms with Gasteiger partial charge in [0.05, 0.1) is 0 Å². The second-order valence-corrected chi connectivity index (χ2v) is 9.53. The smallest absolute Gasteiger partial charge is 0.399 e. The molecule has 0 aliphatic heterocycles. The predicted molar refractivity (Wildman–Crippen MR) is 114 cm³/mol. The molecule has 0 saturated heterocycles. The normalized spacial score (nSPS) is 23.0. The molecular formula is C26H27F7O. The van der Waals surface area contributed by atoms with E-state index in [-0.39, 0.29) is 41.9 Å². The van der Waals surface area contributed by atoms with Gasteiger partial charge in [-0.3, -0.25) is 0 Å². The molecule has 0 N–H and O–H groups in total. The maximum atomic E-state index is 15.1. The third-order valence-electron chi connectivity index (χ3n) is 7.32. The predicted octanol–water partition coefficient (Wildman–Crippen LogP) is 8.49. The van der Waals surface area contributed by atoms with Crippen molar-refractivity contribution in [3.05, 3.63) is 63.7 Å². The Labute approximate surface area is 194 Å². The van der Waals surface area contributed by atoms with E-state index in [0.717, 1.165) is 38.2 Å². The first-order chi connectivity index (χ1) is 16.1. The molecule has 1 fully saturated rings. The largest absolute Gasteiger partial charge is 0.573 e. The van der Waals surface area contributed by atoms with E-state index in [1.807, 2.05) is 0 Å². The van der Waals surface area contributed by atoms with Crippen molar-refractivity contribution in [3.8, 4) is 5.75 Å². The van der Waals surface area contributed by atoms with Crippen molar-refractivity contribution in [2.45, 2.75) is 82.9 Å². The fraction of sp³-hybridized carbons (Fsp3) is 0.538. The number of benzene rings is 2. The molecule has 0 heterocycles. The molecule has 34 heavy (non-hydrogen) atoms. The first-order valence-corrected chi connectivity index (χ1v) is 11.8. The molecule has 2 aromatic carbocycles. The zero-order chi connectivity index (χ0) is 24.6. The fourth-order valence-electron chi connectivity index (χ4n) is 5.70. The summed E-state index contributed by atoms with van der Waals surface area (Å²) in [6.45, 7) is 2.15. The second-order valence-electron chi connectivity index (χ2n) is 9.53. The molecular weight excluding hydrogens is 461 g/mol. The molecule has 1 nitrogen and oxygen atoms in total. The first kappa shape index (κ1) is 24.9. The number of alkyl halides is 3. The molecule has 2 aromatic rings. The van der Waals surface area contributed by atoms with Crippen LogP contribution in [0, 0.1) is 29.2 Å². The molecule has 8 heteroatoms. The van der Waals surface area contributed by atoms with E-state index in [9.17, 15) is 22.0 Å². The standard InChI is InChI=1S/C26H27F7O/c1-2-3-14-4-6-15(7-5-14)17-11-20(27)23(21(28)12-17)16-8-9-19-18(10-16)13-22(29)25(24(19)30)34-26(31,32)33/h11-16H,2-10H2,1H3. The van der Waals surface area contributed by atoms with Crippen LogP contribution < -0.4 is 4.74 Å². The third-order valence-corrected chi connectivity index (χ3v) is 7.32. The van der Waals surface area contributed by atoms with Crippen LogP contribution in [0.1, 0.15) is 86.0 Å². The summed E-state index contributed by atoms with van der Waals surface area (Å²) < 4.78 is 99.9. The van der Waals surface area contributed by atoms with Gasteiger partial charge in [-0.2, -0.15) is 0 Å². The van der Waals surface area contributed by atoms with Gasteiger partial charge in [-0.1, -0.05) is 19.8 Å². The fourth-order valence-corrected chi connectivity index (χ4v) is 5.70. The Hall–Kier alpha value is -2.25. The molecule has 0 radical (unpaired) electrons. The van der Waals surface area contributed by atoms with Gasteiger partial charge in [0.1, 0.15) is 11.6 Å². The lowest BCUT2D eigenvalue weighted by Crippen LogP contribution is -2.22. The SMILES string of the molecule is CCCC1CCC(c2cc(F)c(C3CCc4c(cc(F)c(OC(F)(F)F)c4F)C3)c(F)c2)CC1. The Morgan fingerprint density at radius 2 is 1.50 bits per heavy atom. The summed E-state index contributed by atoms with van der Waals surface area (Å²) >= 11 is 0. The molecule has 2 aliphatic rings. The van der Waals surface area contributed by atoms with Crippen molar-refractivity contribution in [3.63, 3.8) is 0 Å². The number of rotatable bonds is 5. The van der Waals surface area contributed by atoms with E-state index in [0.29, 0.717) is 11.5 Å². The number of hydrogen-bond donors (Lipinski definition) is 0. The minimum absolute atomic E-state index is 0.0786. The molecule has 0 aromatic heterocycles. The highest BCUT2D eigenvalue weighted by Gasteiger charge is 2.37. The number of hydrogen-bond acceptors (Lipinski definition) is 1. The van der Waals surface area contributed by atoms with Crippen LogP contribution in [0.3, 0.4) is 0 Å². The van der Waals surface area contributed by atoms with Crippen LogP contribution in [-0.2, 0) is 12.8 Å². The zero-order valence-corrected chi connectivity index (χ0v) is 18.9. The van der Waals surface area contributed by atoms with Gasteiger partial charge >= 0.3 is 6.36 Å². The van der Waals surface area contributed by atoms with Crippen LogP contribution >= 0.6 is 0 Å². The summed E-state index contributed by atoms with van der Waals surface area (Å²) in [6, 6.07) is 3.52. The van der Waals surface area contributed by atoms with Crippen molar-refractivity contribution in [2.75, 3.05) is 0 Å². The Kier molecular flexibility index (Phi) is 7.15. The van der Waals surface area contributed by atoms with Gasteiger partial charge in [-0.25, -0.2) is 17.6 Å². The van der Waals surface area contributed by atoms with E-state index in [1.54, 1.807) is 0 Å². The van der Waals surface area contributed by atoms with Gasteiger partial charge in [0.25, 0.3) is 0 Å². The van der Waals surface area contributed by atoms with Crippen LogP contribution in [0.15, 0.2) is 18.2 Å². The highest BCUT2D eigenvalue weighted by Crippen LogP contribution is 2.42. The van der Waals surface area contributed by atoms with Crippen LogP contribution in [0.25, 0.3) is 0 Å². The van der Waals surface area contributed by atoms with E-state index in [2.05, 4.69) is 11.7 Å². The molecule has 0 bridgehead atoms. The van der Waals surface area contributed by atoms with E-state index in [1.165, 1.54) is 18.6 Å².